The third kappa shape index (κ3) is 4.22. The molecule has 2 N–H and O–H groups in total. The highest BCUT2D eigenvalue weighted by Gasteiger charge is 2.13. The Morgan fingerprint density at radius 3 is 2.24 bits per heavy atom. The van der Waals surface area contributed by atoms with Crippen LogP contribution in [0, 0.1) is 0 Å². The van der Waals surface area contributed by atoms with Crippen LogP contribution in [0.2, 0.25) is 0 Å². The van der Waals surface area contributed by atoms with Gasteiger partial charge in [0.25, 0.3) is 5.91 Å². The van der Waals surface area contributed by atoms with Crippen LogP contribution in [0.5, 0.6) is 5.75 Å². The minimum atomic E-state index is -0.494. The van der Waals surface area contributed by atoms with E-state index in [0.29, 0.717) is 0 Å². The Bertz CT molecular complexity index is 1460. The van der Waals surface area contributed by atoms with Crippen LogP contribution in [0.15, 0.2) is 108 Å². The molecule has 0 unspecified atom stereocenters. The molecular weight excluding hydrogens is 412 g/mol. The van der Waals surface area contributed by atoms with E-state index in [-0.39, 0.29) is 11.3 Å². The van der Waals surface area contributed by atoms with E-state index in [2.05, 4.69) is 10.5 Å². The number of nitrogens with one attached hydrogen (secondary N) is 1. The summed E-state index contributed by atoms with van der Waals surface area (Å²) in [5.74, 6) is -0.588. The molecule has 160 valence electrons. The maximum absolute atomic E-state index is 12.7. The number of hydrogen-bond acceptors (Lipinski definition) is 4. The summed E-state index contributed by atoms with van der Waals surface area (Å²) in [4.78, 5) is 12.7. The van der Waals surface area contributed by atoms with E-state index in [1.165, 1.54) is 0 Å². The Morgan fingerprint density at radius 2 is 1.52 bits per heavy atom. The van der Waals surface area contributed by atoms with Crippen LogP contribution < -0.4 is 5.43 Å². The van der Waals surface area contributed by atoms with Gasteiger partial charge >= 0.3 is 0 Å². The van der Waals surface area contributed by atoms with Gasteiger partial charge in [0.15, 0.2) is 0 Å². The van der Waals surface area contributed by atoms with Crippen LogP contribution in [0.1, 0.15) is 15.9 Å². The fourth-order valence-corrected chi connectivity index (χ4v) is 3.65. The van der Waals surface area contributed by atoms with Gasteiger partial charge in [-0.2, -0.15) is 10.2 Å². The number of phenolic OH excluding ortho intramolecular Hbond substituents is 1. The van der Waals surface area contributed by atoms with Crippen molar-refractivity contribution in [2.75, 3.05) is 0 Å². The molecule has 1 amide bonds. The lowest BCUT2D eigenvalue weighted by molar-refractivity contribution is 0.0952. The maximum atomic E-state index is 12.7. The molecule has 0 aliphatic rings. The number of amides is 1. The van der Waals surface area contributed by atoms with Gasteiger partial charge in [0.05, 0.1) is 17.5 Å². The molecule has 6 heteroatoms. The number of hydrazone groups is 1. The van der Waals surface area contributed by atoms with Crippen molar-refractivity contribution in [3.05, 3.63) is 114 Å². The molecule has 0 aliphatic heterocycles. The monoisotopic (exact) mass is 432 g/mol. The Kier molecular flexibility index (Phi) is 5.39. The van der Waals surface area contributed by atoms with E-state index < -0.39 is 5.91 Å². The number of carbonyl (C=O) groups excluding carboxylic acids is 1. The van der Waals surface area contributed by atoms with Gasteiger partial charge in [0.1, 0.15) is 11.4 Å². The average Bonchev–Trinajstić information content (AvgIpc) is 3.29. The van der Waals surface area contributed by atoms with Crippen LogP contribution >= 0.6 is 0 Å². The van der Waals surface area contributed by atoms with Crippen LogP contribution in [-0.2, 0) is 0 Å². The minimum absolute atomic E-state index is 0.0942. The summed E-state index contributed by atoms with van der Waals surface area (Å²) in [5, 5.41) is 20.9. The van der Waals surface area contributed by atoms with Crippen molar-refractivity contribution >= 4 is 22.9 Å². The normalized spacial score (nSPS) is 11.2. The van der Waals surface area contributed by atoms with Gasteiger partial charge in [0.2, 0.25) is 0 Å². The molecular formula is C27H20N4O2. The first kappa shape index (κ1) is 20.2. The largest absolute Gasteiger partial charge is 0.507 e. The summed E-state index contributed by atoms with van der Waals surface area (Å²) in [6, 6.07) is 30.3. The minimum Gasteiger partial charge on any atom is -0.507 e. The standard InChI is InChI=1S/C27H20N4O2/c32-25-16-21-12-8-7-11-20(21)15-24(25)27(33)29-28-17-22-18-31(23-13-5-2-6-14-23)30-26(22)19-9-3-1-4-10-19/h1-18,32H,(H,29,33)/b28-17-. The van der Waals surface area contributed by atoms with Crippen molar-refractivity contribution in [3.8, 4) is 22.7 Å². The zero-order valence-electron chi connectivity index (χ0n) is 17.6. The first-order valence-corrected chi connectivity index (χ1v) is 10.4. The smallest absolute Gasteiger partial charge is 0.275 e. The Morgan fingerprint density at radius 1 is 0.879 bits per heavy atom. The topological polar surface area (TPSA) is 79.5 Å². The summed E-state index contributed by atoms with van der Waals surface area (Å²) >= 11 is 0. The number of rotatable bonds is 5. The van der Waals surface area contributed by atoms with Crippen molar-refractivity contribution in [2.24, 2.45) is 5.10 Å². The SMILES string of the molecule is O=C(N/N=C\c1cn(-c2ccccc2)nc1-c1ccccc1)c1cc2ccccc2cc1O. The maximum Gasteiger partial charge on any atom is 0.275 e. The molecule has 0 saturated carbocycles. The average molecular weight is 432 g/mol. The van der Waals surface area contributed by atoms with Crippen molar-refractivity contribution in [1.82, 2.24) is 15.2 Å². The summed E-state index contributed by atoms with van der Waals surface area (Å²) in [6.07, 6.45) is 3.42. The Labute approximate surface area is 190 Å². The van der Waals surface area contributed by atoms with E-state index in [0.717, 1.165) is 33.3 Å². The molecule has 0 aliphatic carbocycles. The third-order valence-corrected chi connectivity index (χ3v) is 5.29. The molecule has 0 bridgehead atoms. The lowest BCUT2D eigenvalue weighted by Crippen LogP contribution is -2.17. The number of phenols is 1. The van der Waals surface area contributed by atoms with Gasteiger partial charge in [-0.3, -0.25) is 4.79 Å². The fourth-order valence-electron chi connectivity index (χ4n) is 3.65. The molecule has 0 radical (unpaired) electrons. The number of carbonyl (C=O) groups is 1. The quantitative estimate of drug-likeness (QED) is 0.297. The zero-order chi connectivity index (χ0) is 22.6. The second-order valence-corrected chi connectivity index (χ2v) is 7.49. The van der Waals surface area contributed by atoms with Gasteiger partial charge in [-0.15, -0.1) is 0 Å². The molecule has 6 nitrogen and oxygen atoms in total. The van der Waals surface area contributed by atoms with Gasteiger partial charge in [0, 0.05) is 17.3 Å². The van der Waals surface area contributed by atoms with E-state index >= 15 is 0 Å². The third-order valence-electron chi connectivity index (χ3n) is 5.29. The van der Waals surface area contributed by atoms with Crippen molar-refractivity contribution in [2.45, 2.75) is 0 Å². The summed E-state index contributed by atoms with van der Waals surface area (Å²) in [5.41, 5.74) is 6.01. The molecule has 4 aromatic carbocycles. The Balaban J connectivity index is 1.44. The van der Waals surface area contributed by atoms with Crippen molar-refractivity contribution < 1.29 is 9.90 Å². The number of hydrogen-bond donors (Lipinski definition) is 2. The highest BCUT2D eigenvalue weighted by atomic mass is 16.3. The number of fused-ring (bicyclic) bond motifs is 1. The number of para-hydroxylation sites is 1. The van der Waals surface area contributed by atoms with Crippen molar-refractivity contribution in [1.29, 1.82) is 0 Å². The summed E-state index contributed by atoms with van der Waals surface area (Å²) in [7, 11) is 0. The molecule has 1 aromatic heterocycles. The van der Waals surface area contributed by atoms with Gasteiger partial charge < -0.3 is 5.11 Å². The number of aromatic nitrogens is 2. The van der Waals surface area contributed by atoms with Crippen molar-refractivity contribution in [3.63, 3.8) is 0 Å². The van der Waals surface area contributed by atoms with Crippen LogP contribution in [0.25, 0.3) is 27.7 Å². The Hall–Kier alpha value is -4.71. The second-order valence-electron chi connectivity index (χ2n) is 7.49. The summed E-state index contributed by atoms with van der Waals surface area (Å²) < 4.78 is 1.78. The molecule has 0 atom stereocenters. The molecule has 33 heavy (non-hydrogen) atoms. The fraction of sp³-hybridized carbons (Fsp3) is 0. The first-order chi connectivity index (χ1) is 16.2. The molecule has 5 rings (SSSR count). The zero-order valence-corrected chi connectivity index (χ0v) is 17.6. The number of aromatic hydroxyl groups is 1. The molecule has 0 spiro atoms. The highest BCUT2D eigenvalue weighted by molar-refractivity contribution is 6.02. The number of nitrogens with zero attached hydrogens (tertiary/aromatic N) is 3. The van der Waals surface area contributed by atoms with E-state index in [9.17, 15) is 9.90 Å². The predicted octanol–water partition coefficient (Wildman–Crippen LogP) is 5.16. The van der Waals surface area contributed by atoms with E-state index in [1.54, 1.807) is 23.0 Å². The van der Waals surface area contributed by atoms with E-state index in [4.69, 9.17) is 5.10 Å². The van der Waals surface area contributed by atoms with Crippen LogP contribution in [0.4, 0.5) is 0 Å². The highest BCUT2D eigenvalue weighted by Crippen LogP contribution is 2.25. The predicted molar refractivity (Wildman–Crippen MR) is 130 cm³/mol. The van der Waals surface area contributed by atoms with Crippen LogP contribution in [0.3, 0.4) is 0 Å². The lowest BCUT2D eigenvalue weighted by Gasteiger charge is -2.05. The van der Waals surface area contributed by atoms with Gasteiger partial charge in [-0.05, 0) is 35.0 Å². The summed E-state index contributed by atoms with van der Waals surface area (Å²) in [6.45, 7) is 0. The second kappa shape index (κ2) is 8.80. The molecule has 1 heterocycles. The van der Waals surface area contributed by atoms with Gasteiger partial charge in [-0.1, -0.05) is 72.8 Å². The van der Waals surface area contributed by atoms with Gasteiger partial charge in [-0.25, -0.2) is 10.1 Å². The molecule has 0 fully saturated rings. The molecule has 5 aromatic rings. The number of benzene rings is 4. The molecule has 0 saturated heterocycles. The van der Waals surface area contributed by atoms with E-state index in [1.807, 2.05) is 91.1 Å². The first-order valence-electron chi connectivity index (χ1n) is 10.4. The van der Waals surface area contributed by atoms with Crippen LogP contribution in [-0.4, -0.2) is 27.0 Å². The lowest BCUT2D eigenvalue weighted by atomic mass is 10.1.